The number of aromatic nitrogens is 1. The number of piperazine rings is 1. The Kier molecular flexibility index (Phi) is 6.12. The minimum atomic E-state index is -0.0697. The second kappa shape index (κ2) is 9.51. The zero-order valence-corrected chi connectivity index (χ0v) is 19.0. The van der Waals surface area contributed by atoms with E-state index in [2.05, 4.69) is 11.1 Å². The van der Waals surface area contributed by atoms with Gasteiger partial charge in [0.2, 0.25) is 11.6 Å². The highest BCUT2D eigenvalue weighted by Gasteiger charge is 2.28. The fourth-order valence-electron chi connectivity index (χ4n) is 4.48. The van der Waals surface area contributed by atoms with E-state index < -0.39 is 0 Å². The van der Waals surface area contributed by atoms with Gasteiger partial charge in [0, 0.05) is 31.7 Å². The van der Waals surface area contributed by atoms with E-state index >= 15 is 0 Å². The molecular formula is C25H26N4O5. The van der Waals surface area contributed by atoms with Crippen LogP contribution in [0.1, 0.15) is 41.7 Å². The summed E-state index contributed by atoms with van der Waals surface area (Å²) < 4.78 is 22.7. The average molecular weight is 463 g/mol. The summed E-state index contributed by atoms with van der Waals surface area (Å²) >= 11 is 0. The molecule has 1 saturated carbocycles. The molecule has 3 aromatic rings. The first-order valence-corrected chi connectivity index (χ1v) is 11.5. The van der Waals surface area contributed by atoms with Gasteiger partial charge < -0.3 is 28.1 Å². The SMILES string of the molecule is COc1cc(C(=O)N2CCN(c3oc(-c4ccco4)nc3C#N)CC2)ccc1OC1CCCC1. The molecule has 0 bridgehead atoms. The Hall–Kier alpha value is -3.93. The van der Waals surface area contributed by atoms with Gasteiger partial charge in [-0.3, -0.25) is 4.79 Å². The summed E-state index contributed by atoms with van der Waals surface area (Å²) in [7, 11) is 1.59. The standard InChI is InChI=1S/C25H26N4O5/c1-31-22-15-17(8-9-20(22)33-18-5-2-3-6-18)24(30)28-10-12-29(13-11-28)25-19(16-26)27-23(34-25)21-7-4-14-32-21/h4,7-9,14-15,18H,2-3,5-6,10-13H2,1H3. The van der Waals surface area contributed by atoms with Gasteiger partial charge in [-0.2, -0.15) is 10.2 Å². The Morgan fingerprint density at radius 2 is 1.94 bits per heavy atom. The molecule has 2 fully saturated rings. The van der Waals surface area contributed by atoms with Gasteiger partial charge >= 0.3 is 0 Å². The molecule has 0 unspecified atom stereocenters. The van der Waals surface area contributed by atoms with Gasteiger partial charge in [0.25, 0.3) is 11.8 Å². The summed E-state index contributed by atoms with van der Waals surface area (Å²) in [6, 6.07) is 10.9. The number of ether oxygens (including phenoxy) is 2. The van der Waals surface area contributed by atoms with Gasteiger partial charge in [0.15, 0.2) is 17.3 Å². The number of benzene rings is 1. The van der Waals surface area contributed by atoms with Crippen LogP contribution in [0, 0.1) is 11.3 Å². The topological polar surface area (TPSA) is 105 Å². The van der Waals surface area contributed by atoms with Crippen molar-refractivity contribution in [3.63, 3.8) is 0 Å². The summed E-state index contributed by atoms with van der Waals surface area (Å²) in [6.45, 7) is 2.02. The first kappa shape index (κ1) is 21.9. The van der Waals surface area contributed by atoms with Crippen molar-refractivity contribution in [2.75, 3.05) is 38.2 Å². The number of hydrogen-bond donors (Lipinski definition) is 0. The summed E-state index contributed by atoms with van der Waals surface area (Å²) in [4.78, 5) is 21.1. The quantitative estimate of drug-likeness (QED) is 0.539. The van der Waals surface area contributed by atoms with Crippen LogP contribution in [0.3, 0.4) is 0 Å². The molecule has 34 heavy (non-hydrogen) atoms. The number of nitrogens with zero attached hydrogens (tertiary/aromatic N) is 4. The number of carbonyl (C=O) groups is 1. The maximum atomic E-state index is 13.2. The molecule has 1 aromatic carbocycles. The van der Waals surface area contributed by atoms with Crippen molar-refractivity contribution in [3.8, 4) is 29.2 Å². The number of hydrogen-bond acceptors (Lipinski definition) is 8. The lowest BCUT2D eigenvalue weighted by molar-refractivity contribution is 0.0745. The molecule has 9 nitrogen and oxygen atoms in total. The smallest absolute Gasteiger partial charge is 0.266 e. The van der Waals surface area contributed by atoms with Crippen LogP contribution in [0.4, 0.5) is 5.88 Å². The Labute approximate surface area is 197 Å². The van der Waals surface area contributed by atoms with Crippen LogP contribution in [-0.4, -0.2) is 55.2 Å². The van der Waals surface area contributed by atoms with Gasteiger partial charge in [-0.15, -0.1) is 0 Å². The molecule has 176 valence electrons. The molecule has 1 aliphatic carbocycles. The zero-order valence-electron chi connectivity index (χ0n) is 19.0. The van der Waals surface area contributed by atoms with Crippen LogP contribution in [0.15, 0.2) is 45.4 Å². The van der Waals surface area contributed by atoms with E-state index in [1.54, 1.807) is 36.3 Å². The third-order valence-corrected chi connectivity index (χ3v) is 6.31. The van der Waals surface area contributed by atoms with Crippen LogP contribution in [0.25, 0.3) is 11.7 Å². The van der Waals surface area contributed by atoms with Crippen molar-refractivity contribution in [3.05, 3.63) is 47.9 Å². The largest absolute Gasteiger partial charge is 0.493 e. The monoisotopic (exact) mass is 462 g/mol. The van der Waals surface area contributed by atoms with Gasteiger partial charge in [0.1, 0.15) is 6.07 Å². The van der Waals surface area contributed by atoms with Crippen molar-refractivity contribution < 1.29 is 23.1 Å². The maximum absolute atomic E-state index is 13.2. The van der Waals surface area contributed by atoms with E-state index in [4.69, 9.17) is 18.3 Å². The van der Waals surface area contributed by atoms with Crippen LogP contribution in [0.2, 0.25) is 0 Å². The molecule has 9 heteroatoms. The predicted octanol–water partition coefficient (Wildman–Crippen LogP) is 4.10. The molecule has 0 N–H and O–H groups in total. The van der Waals surface area contributed by atoms with E-state index in [9.17, 15) is 10.1 Å². The molecule has 0 atom stereocenters. The molecule has 3 heterocycles. The predicted molar refractivity (Wildman–Crippen MR) is 123 cm³/mol. The highest BCUT2D eigenvalue weighted by atomic mass is 16.5. The number of methoxy groups -OCH3 is 1. The van der Waals surface area contributed by atoms with Crippen LogP contribution in [0.5, 0.6) is 11.5 Å². The molecule has 0 spiro atoms. The average Bonchev–Trinajstić information content (AvgIpc) is 3.65. The van der Waals surface area contributed by atoms with Crippen molar-refractivity contribution in [2.45, 2.75) is 31.8 Å². The maximum Gasteiger partial charge on any atom is 0.266 e. The van der Waals surface area contributed by atoms with Crippen LogP contribution >= 0.6 is 0 Å². The minimum Gasteiger partial charge on any atom is -0.493 e. The number of oxazole rings is 1. The Bertz CT molecular complexity index is 1180. The molecule has 1 saturated heterocycles. The van der Waals surface area contributed by atoms with Crippen molar-refractivity contribution >= 4 is 11.8 Å². The normalized spacial score (nSPS) is 16.5. The van der Waals surface area contributed by atoms with E-state index in [0.717, 1.165) is 12.8 Å². The molecule has 5 rings (SSSR count). The van der Waals surface area contributed by atoms with E-state index in [-0.39, 0.29) is 23.6 Å². The Morgan fingerprint density at radius 3 is 2.62 bits per heavy atom. The summed E-state index contributed by atoms with van der Waals surface area (Å²) in [6.07, 6.45) is 6.21. The molecule has 0 radical (unpaired) electrons. The van der Waals surface area contributed by atoms with Gasteiger partial charge in [-0.05, 0) is 56.0 Å². The third kappa shape index (κ3) is 4.31. The van der Waals surface area contributed by atoms with Crippen molar-refractivity contribution in [1.82, 2.24) is 9.88 Å². The molecule has 2 aromatic heterocycles. The van der Waals surface area contributed by atoms with Gasteiger partial charge in [-0.1, -0.05) is 0 Å². The molecule has 1 amide bonds. The Balaban J connectivity index is 1.25. The highest BCUT2D eigenvalue weighted by Crippen LogP contribution is 2.33. The highest BCUT2D eigenvalue weighted by molar-refractivity contribution is 5.95. The summed E-state index contributed by atoms with van der Waals surface area (Å²) in [5.74, 6) is 2.31. The summed E-state index contributed by atoms with van der Waals surface area (Å²) in [5.41, 5.74) is 0.760. The first-order chi connectivity index (χ1) is 16.7. The second-order valence-corrected chi connectivity index (χ2v) is 8.43. The fourth-order valence-corrected chi connectivity index (χ4v) is 4.48. The minimum absolute atomic E-state index is 0.0697. The number of amides is 1. The first-order valence-electron chi connectivity index (χ1n) is 11.5. The van der Waals surface area contributed by atoms with Crippen molar-refractivity contribution in [1.29, 1.82) is 5.26 Å². The fraction of sp³-hybridized carbons (Fsp3) is 0.400. The molecule has 1 aliphatic heterocycles. The van der Waals surface area contributed by atoms with Crippen LogP contribution in [-0.2, 0) is 0 Å². The van der Waals surface area contributed by atoms with E-state index in [0.29, 0.717) is 54.9 Å². The summed E-state index contributed by atoms with van der Waals surface area (Å²) in [5, 5.41) is 9.49. The molecule has 2 aliphatic rings. The molecular weight excluding hydrogens is 436 g/mol. The zero-order chi connectivity index (χ0) is 23.5. The van der Waals surface area contributed by atoms with Gasteiger partial charge in [0.05, 0.1) is 19.5 Å². The number of rotatable bonds is 6. The second-order valence-electron chi connectivity index (χ2n) is 8.43. The lowest BCUT2D eigenvalue weighted by atomic mass is 10.1. The Morgan fingerprint density at radius 1 is 1.15 bits per heavy atom. The number of carbonyl (C=O) groups excluding carboxylic acids is 1. The number of nitriles is 1. The van der Waals surface area contributed by atoms with Crippen molar-refractivity contribution in [2.24, 2.45) is 0 Å². The number of anilines is 1. The van der Waals surface area contributed by atoms with Crippen LogP contribution < -0.4 is 14.4 Å². The lowest BCUT2D eigenvalue weighted by Crippen LogP contribution is -2.48. The number of furan rings is 1. The third-order valence-electron chi connectivity index (χ3n) is 6.31. The lowest BCUT2D eigenvalue weighted by Gasteiger charge is -2.34. The van der Waals surface area contributed by atoms with E-state index in [1.165, 1.54) is 19.1 Å². The van der Waals surface area contributed by atoms with E-state index in [1.807, 2.05) is 11.0 Å². The van der Waals surface area contributed by atoms with Gasteiger partial charge in [-0.25, -0.2) is 0 Å².